The Hall–Kier alpha value is -1.20. The average Bonchev–Trinajstić information content (AvgIpc) is 2.59. The summed E-state index contributed by atoms with van der Waals surface area (Å²) >= 11 is 0. The van der Waals surface area contributed by atoms with Crippen LogP contribution in [0.1, 0.15) is 52.4 Å². The minimum absolute atomic E-state index is 0.000245. The van der Waals surface area contributed by atoms with E-state index in [2.05, 4.69) is 19.1 Å². The van der Waals surface area contributed by atoms with Crippen molar-refractivity contribution in [2.75, 3.05) is 26.4 Å². The van der Waals surface area contributed by atoms with Crippen molar-refractivity contribution in [3.63, 3.8) is 0 Å². The zero-order valence-electron chi connectivity index (χ0n) is 15.2. The van der Waals surface area contributed by atoms with Gasteiger partial charge < -0.3 is 20.4 Å². The highest BCUT2D eigenvalue weighted by molar-refractivity contribution is 5.09. The van der Waals surface area contributed by atoms with Crippen LogP contribution in [0.5, 0.6) is 0 Å². The van der Waals surface area contributed by atoms with Crippen LogP contribution in [0.2, 0.25) is 0 Å². The molecule has 0 spiro atoms. The first-order valence-corrected chi connectivity index (χ1v) is 8.67. The highest BCUT2D eigenvalue weighted by Crippen LogP contribution is 2.13. The van der Waals surface area contributed by atoms with Crippen LogP contribution in [0.25, 0.3) is 0 Å². The topological polar surface area (TPSA) is 80.9 Å². The number of rotatable bonds is 13. The van der Waals surface area contributed by atoms with Crippen LogP contribution in [0, 0.1) is 0 Å². The van der Waals surface area contributed by atoms with E-state index < -0.39 is 0 Å². The molecule has 0 amide bonds. The lowest BCUT2D eigenvalue weighted by Crippen LogP contribution is -1.93. The van der Waals surface area contributed by atoms with Gasteiger partial charge in [-0.2, -0.15) is 0 Å². The van der Waals surface area contributed by atoms with Crippen LogP contribution in [-0.4, -0.2) is 46.9 Å². The van der Waals surface area contributed by atoms with Crippen LogP contribution in [0.15, 0.2) is 46.6 Å². The van der Waals surface area contributed by atoms with E-state index in [1.807, 2.05) is 13.0 Å². The van der Waals surface area contributed by atoms with Crippen LogP contribution in [0.4, 0.5) is 0 Å². The van der Waals surface area contributed by atoms with Crippen molar-refractivity contribution in [1.29, 1.82) is 0 Å². The zero-order valence-corrected chi connectivity index (χ0v) is 15.2. The summed E-state index contributed by atoms with van der Waals surface area (Å²) in [5, 5.41) is 36.3. The minimum Gasteiger partial charge on any atom is -0.392 e. The summed E-state index contributed by atoms with van der Waals surface area (Å²) in [4.78, 5) is 0. The van der Waals surface area contributed by atoms with Crippen molar-refractivity contribution in [3.05, 3.63) is 46.6 Å². The molecule has 0 radical (unpaired) electrons. The molecule has 0 aromatic rings. The molecule has 4 nitrogen and oxygen atoms in total. The third-order valence-corrected chi connectivity index (χ3v) is 3.92. The molecule has 0 rings (SSSR count). The number of hydrogen-bond acceptors (Lipinski definition) is 4. The molecule has 0 bridgehead atoms. The van der Waals surface area contributed by atoms with Crippen LogP contribution in [0.3, 0.4) is 0 Å². The molecule has 0 aliphatic carbocycles. The Morgan fingerprint density at radius 2 is 1.08 bits per heavy atom. The first-order valence-electron chi connectivity index (χ1n) is 8.67. The van der Waals surface area contributed by atoms with Gasteiger partial charge in [-0.1, -0.05) is 35.5 Å². The third kappa shape index (κ3) is 12.3. The molecule has 4 N–H and O–H groups in total. The second kappa shape index (κ2) is 15.3. The molecular weight excluding hydrogens is 304 g/mol. The van der Waals surface area contributed by atoms with E-state index in [0.29, 0.717) is 0 Å². The number of hydrogen-bond donors (Lipinski definition) is 4. The first kappa shape index (κ1) is 22.8. The van der Waals surface area contributed by atoms with Gasteiger partial charge in [-0.3, -0.25) is 0 Å². The quantitative estimate of drug-likeness (QED) is 0.389. The standard InChI is InChI=1S/C20H34O4/c1-17(7-4-11-20(16-24)12-13-21)6-3-9-19(15-23)10-5-8-18(2)14-22/h7-9,12,21-24H,3-6,10-11,13-16H2,1-2H3/b17-7+,18-8-,19-9+,20-12+. The Labute approximate surface area is 146 Å². The highest BCUT2D eigenvalue weighted by Gasteiger charge is 1.97. The van der Waals surface area contributed by atoms with Gasteiger partial charge >= 0.3 is 0 Å². The number of aliphatic hydroxyl groups excluding tert-OH is 4. The van der Waals surface area contributed by atoms with Crippen LogP contribution < -0.4 is 0 Å². The van der Waals surface area contributed by atoms with Crippen molar-refractivity contribution in [1.82, 2.24) is 0 Å². The Bertz CT molecular complexity index is 445. The summed E-state index contributed by atoms with van der Waals surface area (Å²) in [6, 6.07) is 0. The second-order valence-corrected chi connectivity index (χ2v) is 6.10. The van der Waals surface area contributed by atoms with E-state index in [1.54, 1.807) is 6.08 Å². The normalized spacial score (nSPS) is 14.4. The number of allylic oxidation sites excluding steroid dienone is 4. The summed E-state index contributed by atoms with van der Waals surface area (Å²) < 4.78 is 0. The van der Waals surface area contributed by atoms with Crippen molar-refractivity contribution in [2.45, 2.75) is 52.4 Å². The monoisotopic (exact) mass is 338 g/mol. The molecule has 24 heavy (non-hydrogen) atoms. The lowest BCUT2D eigenvalue weighted by Gasteiger charge is -2.05. The van der Waals surface area contributed by atoms with Gasteiger partial charge in [0, 0.05) is 0 Å². The van der Waals surface area contributed by atoms with Gasteiger partial charge in [0.2, 0.25) is 0 Å². The zero-order chi connectivity index (χ0) is 18.2. The fourth-order valence-corrected chi connectivity index (χ4v) is 2.30. The van der Waals surface area contributed by atoms with E-state index in [4.69, 9.17) is 15.3 Å². The molecule has 4 heteroatoms. The fourth-order valence-electron chi connectivity index (χ4n) is 2.30. The first-order chi connectivity index (χ1) is 11.6. The summed E-state index contributed by atoms with van der Waals surface area (Å²) in [6.07, 6.45) is 13.1. The molecule has 0 aromatic carbocycles. The van der Waals surface area contributed by atoms with E-state index in [9.17, 15) is 5.11 Å². The van der Waals surface area contributed by atoms with Crippen LogP contribution >= 0.6 is 0 Å². The van der Waals surface area contributed by atoms with Gasteiger partial charge in [0.25, 0.3) is 0 Å². The fraction of sp³-hybridized carbons (Fsp3) is 0.600. The van der Waals surface area contributed by atoms with E-state index in [0.717, 1.165) is 55.2 Å². The molecule has 0 saturated carbocycles. The smallest absolute Gasteiger partial charge is 0.0642 e. The molecule has 0 aromatic heterocycles. The maximum Gasteiger partial charge on any atom is 0.0642 e. The van der Waals surface area contributed by atoms with Gasteiger partial charge in [0.15, 0.2) is 0 Å². The van der Waals surface area contributed by atoms with Gasteiger partial charge in [-0.05, 0) is 63.5 Å². The summed E-state index contributed by atoms with van der Waals surface area (Å²) in [5.41, 5.74) is 4.16. The molecule has 0 saturated heterocycles. The largest absolute Gasteiger partial charge is 0.392 e. The molecule has 0 atom stereocenters. The second-order valence-electron chi connectivity index (χ2n) is 6.10. The molecular formula is C20H34O4. The SMILES string of the molecule is C/C(=C/CC/C(=C\CC/C(C)=C/CC/C(=C\CO)CO)CO)CO. The lowest BCUT2D eigenvalue weighted by molar-refractivity contribution is 0.315. The maximum absolute atomic E-state index is 9.39. The van der Waals surface area contributed by atoms with Gasteiger partial charge in [-0.15, -0.1) is 0 Å². The molecule has 0 fully saturated rings. The molecule has 0 aliphatic rings. The Balaban J connectivity index is 4.19. The lowest BCUT2D eigenvalue weighted by atomic mass is 10.0. The van der Waals surface area contributed by atoms with Crippen molar-refractivity contribution >= 4 is 0 Å². The Morgan fingerprint density at radius 1 is 0.583 bits per heavy atom. The van der Waals surface area contributed by atoms with Gasteiger partial charge in [0.1, 0.15) is 0 Å². The van der Waals surface area contributed by atoms with Crippen molar-refractivity contribution in [3.8, 4) is 0 Å². The molecule has 0 aliphatic heterocycles. The van der Waals surface area contributed by atoms with Gasteiger partial charge in [0.05, 0.1) is 26.4 Å². The van der Waals surface area contributed by atoms with E-state index in [-0.39, 0.29) is 26.4 Å². The van der Waals surface area contributed by atoms with Crippen LogP contribution in [-0.2, 0) is 0 Å². The number of aliphatic hydroxyl groups is 4. The van der Waals surface area contributed by atoms with E-state index in [1.165, 1.54) is 5.57 Å². The Kier molecular flexibility index (Phi) is 14.6. The van der Waals surface area contributed by atoms with Gasteiger partial charge in [-0.25, -0.2) is 0 Å². The van der Waals surface area contributed by atoms with Crippen molar-refractivity contribution < 1.29 is 20.4 Å². The third-order valence-electron chi connectivity index (χ3n) is 3.92. The van der Waals surface area contributed by atoms with Crippen molar-refractivity contribution in [2.24, 2.45) is 0 Å². The predicted molar refractivity (Wildman–Crippen MR) is 99.7 cm³/mol. The predicted octanol–water partition coefficient (Wildman–Crippen LogP) is 3.04. The maximum atomic E-state index is 9.39. The summed E-state index contributed by atoms with van der Waals surface area (Å²) in [6.45, 7) is 4.14. The van der Waals surface area contributed by atoms with E-state index >= 15 is 0 Å². The summed E-state index contributed by atoms with van der Waals surface area (Å²) in [5.74, 6) is 0. The molecule has 0 unspecified atom stereocenters. The average molecular weight is 338 g/mol. The molecule has 138 valence electrons. The summed E-state index contributed by atoms with van der Waals surface area (Å²) in [7, 11) is 0. The highest BCUT2D eigenvalue weighted by atomic mass is 16.3. The Morgan fingerprint density at radius 3 is 1.58 bits per heavy atom. The molecule has 0 heterocycles. The minimum atomic E-state index is -0.0274.